The molecule has 2 aromatic rings. The average molecular weight is 247 g/mol. The molecule has 0 radical (unpaired) electrons. The van der Waals surface area contributed by atoms with Crippen LogP contribution in [0.4, 0.5) is 0 Å². The van der Waals surface area contributed by atoms with E-state index in [1.807, 2.05) is 35.0 Å². The lowest BCUT2D eigenvalue weighted by Gasteiger charge is -2.23. The molecule has 0 bridgehead atoms. The number of aryl methyl sites for hydroxylation is 1. The number of nitrogens with one attached hydrogen (secondary N) is 1. The standard InChI is InChI=1S/C12H17N5O/c1-16-8-9(4-14-16)10-5-13-7-12-11(10)6-15-17(12)2-3-18/h4,6,8,10,13,18H,2-3,5,7H2,1H3. The van der Waals surface area contributed by atoms with Crippen molar-refractivity contribution < 1.29 is 5.11 Å². The van der Waals surface area contributed by atoms with Crippen molar-refractivity contribution in [1.29, 1.82) is 0 Å². The smallest absolute Gasteiger partial charge is 0.0644 e. The van der Waals surface area contributed by atoms with Crippen molar-refractivity contribution in [1.82, 2.24) is 24.9 Å². The quantitative estimate of drug-likeness (QED) is 0.791. The summed E-state index contributed by atoms with van der Waals surface area (Å²) in [4.78, 5) is 0. The number of aliphatic hydroxyl groups excluding tert-OH is 1. The normalized spacial score (nSPS) is 18.9. The Morgan fingerprint density at radius 3 is 3.06 bits per heavy atom. The number of rotatable bonds is 3. The maximum atomic E-state index is 9.03. The maximum absolute atomic E-state index is 9.03. The van der Waals surface area contributed by atoms with Gasteiger partial charge in [-0.2, -0.15) is 10.2 Å². The van der Waals surface area contributed by atoms with Crippen molar-refractivity contribution >= 4 is 0 Å². The first-order valence-corrected chi connectivity index (χ1v) is 6.14. The molecule has 96 valence electrons. The molecule has 0 fully saturated rings. The number of hydrogen-bond acceptors (Lipinski definition) is 4. The van der Waals surface area contributed by atoms with Crippen LogP contribution < -0.4 is 5.32 Å². The highest BCUT2D eigenvalue weighted by atomic mass is 16.3. The predicted molar refractivity (Wildman–Crippen MR) is 66.1 cm³/mol. The van der Waals surface area contributed by atoms with Crippen LogP contribution in [-0.2, 0) is 20.1 Å². The summed E-state index contributed by atoms with van der Waals surface area (Å²) in [5, 5.41) is 21.0. The molecule has 1 aliphatic heterocycles. The van der Waals surface area contributed by atoms with Crippen LogP contribution in [0.2, 0.25) is 0 Å². The van der Waals surface area contributed by atoms with Crippen molar-refractivity contribution in [3.8, 4) is 0 Å². The van der Waals surface area contributed by atoms with E-state index in [1.165, 1.54) is 16.8 Å². The largest absolute Gasteiger partial charge is 0.394 e. The van der Waals surface area contributed by atoms with Crippen molar-refractivity contribution in [3.05, 3.63) is 35.4 Å². The first kappa shape index (κ1) is 11.4. The van der Waals surface area contributed by atoms with Crippen LogP contribution in [0, 0.1) is 0 Å². The molecule has 6 heteroatoms. The molecule has 1 unspecified atom stereocenters. The van der Waals surface area contributed by atoms with Crippen LogP contribution >= 0.6 is 0 Å². The molecule has 0 saturated carbocycles. The average Bonchev–Trinajstić information content (AvgIpc) is 2.97. The monoisotopic (exact) mass is 247 g/mol. The Hall–Kier alpha value is -1.66. The van der Waals surface area contributed by atoms with E-state index < -0.39 is 0 Å². The SMILES string of the molecule is Cn1cc(C2CNCc3c2cnn3CCO)cn1. The lowest BCUT2D eigenvalue weighted by atomic mass is 9.91. The van der Waals surface area contributed by atoms with Gasteiger partial charge in [-0.25, -0.2) is 0 Å². The summed E-state index contributed by atoms with van der Waals surface area (Å²) < 4.78 is 3.70. The summed E-state index contributed by atoms with van der Waals surface area (Å²) in [7, 11) is 1.93. The van der Waals surface area contributed by atoms with Gasteiger partial charge in [0.1, 0.15) is 0 Å². The minimum absolute atomic E-state index is 0.117. The third-order valence-electron chi connectivity index (χ3n) is 3.44. The number of aromatic nitrogens is 4. The van der Waals surface area contributed by atoms with Gasteiger partial charge < -0.3 is 10.4 Å². The Bertz CT molecular complexity index is 544. The molecule has 0 saturated heterocycles. The fraction of sp³-hybridized carbons (Fsp3) is 0.500. The van der Waals surface area contributed by atoms with Crippen LogP contribution in [0.1, 0.15) is 22.7 Å². The zero-order valence-electron chi connectivity index (χ0n) is 10.4. The molecule has 0 amide bonds. The number of aliphatic hydroxyl groups is 1. The Labute approximate surface area is 105 Å². The van der Waals surface area contributed by atoms with Crippen molar-refractivity contribution in [3.63, 3.8) is 0 Å². The number of hydrogen-bond donors (Lipinski definition) is 2. The molecule has 6 nitrogen and oxygen atoms in total. The van der Waals surface area contributed by atoms with E-state index >= 15 is 0 Å². The molecule has 0 spiro atoms. The Morgan fingerprint density at radius 2 is 2.33 bits per heavy atom. The van der Waals surface area contributed by atoms with Gasteiger partial charge in [-0.1, -0.05) is 0 Å². The van der Waals surface area contributed by atoms with Gasteiger partial charge in [0.2, 0.25) is 0 Å². The first-order chi connectivity index (χ1) is 8.79. The van der Waals surface area contributed by atoms with Gasteiger partial charge in [0, 0.05) is 37.8 Å². The van der Waals surface area contributed by atoms with Crippen LogP contribution in [0.5, 0.6) is 0 Å². The van der Waals surface area contributed by atoms with E-state index in [4.69, 9.17) is 5.11 Å². The minimum atomic E-state index is 0.117. The van der Waals surface area contributed by atoms with Gasteiger partial charge in [-0.05, 0) is 5.56 Å². The zero-order chi connectivity index (χ0) is 12.5. The van der Waals surface area contributed by atoms with E-state index in [2.05, 4.69) is 15.5 Å². The van der Waals surface area contributed by atoms with E-state index in [1.54, 1.807) is 0 Å². The molecule has 0 aliphatic carbocycles. The Morgan fingerprint density at radius 1 is 1.44 bits per heavy atom. The number of nitrogens with zero attached hydrogens (tertiary/aromatic N) is 4. The van der Waals surface area contributed by atoms with E-state index in [9.17, 15) is 0 Å². The van der Waals surface area contributed by atoms with Gasteiger partial charge in [0.05, 0.1) is 31.2 Å². The summed E-state index contributed by atoms with van der Waals surface area (Å²) in [5.41, 5.74) is 3.62. The lowest BCUT2D eigenvalue weighted by Crippen LogP contribution is -2.30. The molecule has 3 heterocycles. The molecular weight excluding hydrogens is 230 g/mol. The van der Waals surface area contributed by atoms with E-state index in [0.717, 1.165) is 13.1 Å². The highest BCUT2D eigenvalue weighted by Crippen LogP contribution is 2.29. The third-order valence-corrected chi connectivity index (χ3v) is 3.44. The predicted octanol–water partition coefficient (Wildman–Crippen LogP) is -0.156. The number of fused-ring (bicyclic) bond motifs is 1. The molecule has 1 atom stereocenters. The van der Waals surface area contributed by atoms with E-state index in [-0.39, 0.29) is 6.61 Å². The van der Waals surface area contributed by atoms with Gasteiger partial charge in [0.25, 0.3) is 0 Å². The van der Waals surface area contributed by atoms with E-state index in [0.29, 0.717) is 12.5 Å². The summed E-state index contributed by atoms with van der Waals surface area (Å²) in [5.74, 6) is 0.301. The maximum Gasteiger partial charge on any atom is 0.0644 e. The second-order valence-corrected chi connectivity index (χ2v) is 4.62. The molecule has 18 heavy (non-hydrogen) atoms. The Kier molecular flexibility index (Phi) is 2.89. The summed E-state index contributed by atoms with van der Waals surface area (Å²) in [6.07, 6.45) is 5.87. The van der Waals surface area contributed by atoms with Crippen LogP contribution in [0.25, 0.3) is 0 Å². The molecule has 1 aliphatic rings. The first-order valence-electron chi connectivity index (χ1n) is 6.14. The third kappa shape index (κ3) is 1.83. The topological polar surface area (TPSA) is 67.9 Å². The second kappa shape index (κ2) is 4.55. The zero-order valence-corrected chi connectivity index (χ0v) is 10.4. The van der Waals surface area contributed by atoms with Gasteiger partial charge >= 0.3 is 0 Å². The lowest BCUT2D eigenvalue weighted by molar-refractivity contribution is 0.266. The second-order valence-electron chi connectivity index (χ2n) is 4.62. The highest BCUT2D eigenvalue weighted by molar-refractivity contribution is 5.34. The molecular formula is C12H17N5O. The summed E-state index contributed by atoms with van der Waals surface area (Å²) in [6, 6.07) is 0. The van der Waals surface area contributed by atoms with Crippen LogP contribution in [0.15, 0.2) is 18.6 Å². The summed E-state index contributed by atoms with van der Waals surface area (Å²) >= 11 is 0. The molecule has 0 aromatic carbocycles. The fourth-order valence-corrected chi connectivity index (χ4v) is 2.56. The minimum Gasteiger partial charge on any atom is -0.394 e. The summed E-state index contributed by atoms with van der Waals surface area (Å²) in [6.45, 7) is 2.39. The van der Waals surface area contributed by atoms with Crippen LogP contribution in [0.3, 0.4) is 0 Å². The van der Waals surface area contributed by atoms with Crippen LogP contribution in [-0.4, -0.2) is 37.8 Å². The molecule has 2 N–H and O–H groups in total. The Balaban J connectivity index is 1.97. The van der Waals surface area contributed by atoms with Gasteiger partial charge in [-0.3, -0.25) is 9.36 Å². The van der Waals surface area contributed by atoms with Crippen molar-refractivity contribution in [2.75, 3.05) is 13.2 Å². The fourth-order valence-electron chi connectivity index (χ4n) is 2.56. The van der Waals surface area contributed by atoms with Crippen molar-refractivity contribution in [2.45, 2.75) is 19.0 Å². The molecule has 2 aromatic heterocycles. The van der Waals surface area contributed by atoms with Gasteiger partial charge in [0.15, 0.2) is 0 Å². The van der Waals surface area contributed by atoms with Crippen molar-refractivity contribution in [2.24, 2.45) is 7.05 Å². The molecule has 3 rings (SSSR count). The van der Waals surface area contributed by atoms with Gasteiger partial charge in [-0.15, -0.1) is 0 Å². The highest BCUT2D eigenvalue weighted by Gasteiger charge is 2.25.